The number of nitrogens with one attached hydrogen (secondary N) is 1. The first-order valence-corrected chi connectivity index (χ1v) is 13.2. The van der Waals surface area contributed by atoms with Gasteiger partial charge in [-0.15, -0.1) is 0 Å². The molecule has 13 heteroatoms. The molecule has 2 aliphatic rings. The number of halogens is 3. The van der Waals surface area contributed by atoms with Crippen molar-refractivity contribution in [1.82, 2.24) is 24.8 Å². The van der Waals surface area contributed by atoms with Crippen LogP contribution in [0.3, 0.4) is 0 Å². The van der Waals surface area contributed by atoms with Crippen LogP contribution < -0.4 is 15.1 Å². The Kier molecular flexibility index (Phi) is 8.12. The van der Waals surface area contributed by atoms with Gasteiger partial charge < -0.3 is 24.8 Å². The van der Waals surface area contributed by atoms with Crippen LogP contribution in [0.15, 0.2) is 36.7 Å². The lowest BCUT2D eigenvalue weighted by molar-refractivity contribution is -0.141. The van der Waals surface area contributed by atoms with Crippen molar-refractivity contribution in [3.8, 4) is 11.3 Å². The minimum absolute atomic E-state index is 0.158. The highest BCUT2D eigenvalue weighted by Gasteiger charge is 2.33. The fraction of sp³-hybridized carbons (Fsp3) is 0.444. The van der Waals surface area contributed by atoms with Crippen LogP contribution in [-0.4, -0.2) is 89.8 Å². The molecule has 5 rings (SSSR count). The zero-order valence-electron chi connectivity index (χ0n) is 22.4. The molecule has 0 bridgehead atoms. The molecule has 10 nitrogen and oxygen atoms in total. The number of nitrogens with zero attached hydrogens (tertiary/aromatic N) is 7. The largest absolute Gasteiger partial charge is 0.433 e. The first-order chi connectivity index (χ1) is 19.2. The van der Waals surface area contributed by atoms with Gasteiger partial charge in [-0.25, -0.2) is 4.98 Å². The summed E-state index contributed by atoms with van der Waals surface area (Å²) in [5.74, 6) is 0.710. The van der Waals surface area contributed by atoms with Crippen LogP contribution in [0.1, 0.15) is 28.7 Å². The van der Waals surface area contributed by atoms with Crippen molar-refractivity contribution in [3.05, 3.63) is 53.6 Å². The molecule has 0 unspecified atom stereocenters. The molecule has 0 atom stereocenters. The van der Waals surface area contributed by atoms with Crippen LogP contribution in [0.2, 0.25) is 0 Å². The second kappa shape index (κ2) is 11.7. The Morgan fingerprint density at radius 1 is 1.00 bits per heavy atom. The third-order valence-corrected chi connectivity index (χ3v) is 7.07. The Balaban J connectivity index is 1.46. The molecule has 1 amide bonds. The Hall–Kier alpha value is -3.84. The van der Waals surface area contributed by atoms with Crippen LogP contribution in [-0.2, 0) is 10.9 Å². The van der Waals surface area contributed by atoms with Crippen molar-refractivity contribution in [2.75, 3.05) is 74.1 Å². The fourth-order valence-corrected chi connectivity index (χ4v) is 4.71. The lowest BCUT2D eigenvalue weighted by Gasteiger charge is -2.35. The van der Waals surface area contributed by atoms with Gasteiger partial charge in [-0.1, -0.05) is 6.92 Å². The van der Waals surface area contributed by atoms with Gasteiger partial charge in [0.25, 0.3) is 5.91 Å². The van der Waals surface area contributed by atoms with E-state index < -0.39 is 17.8 Å². The van der Waals surface area contributed by atoms with Gasteiger partial charge in [0.1, 0.15) is 11.5 Å². The summed E-state index contributed by atoms with van der Waals surface area (Å²) in [4.78, 5) is 37.1. The molecule has 0 spiro atoms. The van der Waals surface area contributed by atoms with Crippen molar-refractivity contribution < 1.29 is 22.7 Å². The molecule has 2 fully saturated rings. The smallest absolute Gasteiger partial charge is 0.378 e. The van der Waals surface area contributed by atoms with Crippen molar-refractivity contribution in [2.24, 2.45) is 0 Å². The quantitative estimate of drug-likeness (QED) is 0.489. The number of ether oxygens (including phenoxy) is 1. The van der Waals surface area contributed by atoms with Crippen molar-refractivity contribution in [1.29, 1.82) is 0 Å². The number of rotatable bonds is 6. The summed E-state index contributed by atoms with van der Waals surface area (Å²) in [5, 5.41) is 2.66. The van der Waals surface area contributed by atoms with Crippen LogP contribution in [0, 0.1) is 6.92 Å². The number of alkyl halides is 3. The number of hydrogen-bond donors (Lipinski definition) is 1. The Morgan fingerprint density at radius 3 is 2.45 bits per heavy atom. The van der Waals surface area contributed by atoms with E-state index in [1.54, 1.807) is 6.07 Å². The summed E-state index contributed by atoms with van der Waals surface area (Å²) in [6, 6.07) is 5.60. The van der Waals surface area contributed by atoms with Crippen LogP contribution in [0.4, 0.5) is 30.6 Å². The van der Waals surface area contributed by atoms with Crippen molar-refractivity contribution in [3.63, 3.8) is 0 Å². The summed E-state index contributed by atoms with van der Waals surface area (Å²) in [6.45, 7) is 11.1. The number of amides is 1. The molecule has 2 aliphatic heterocycles. The predicted octanol–water partition coefficient (Wildman–Crippen LogP) is 3.49. The summed E-state index contributed by atoms with van der Waals surface area (Å²) in [5.41, 5.74) is 1.07. The van der Waals surface area contributed by atoms with E-state index in [9.17, 15) is 18.0 Å². The molecule has 3 aromatic rings. The van der Waals surface area contributed by atoms with Gasteiger partial charge in [0, 0.05) is 68.4 Å². The van der Waals surface area contributed by atoms with E-state index in [1.807, 2.05) is 13.0 Å². The zero-order chi connectivity index (χ0) is 28.3. The molecule has 3 aromatic heterocycles. The summed E-state index contributed by atoms with van der Waals surface area (Å²) >= 11 is 0. The minimum atomic E-state index is -4.65. The average molecular weight is 557 g/mol. The van der Waals surface area contributed by atoms with Gasteiger partial charge in [-0.2, -0.15) is 18.2 Å². The van der Waals surface area contributed by atoms with E-state index in [2.05, 4.69) is 36.9 Å². The number of carbonyl (C=O) groups excluding carboxylic acids is 1. The van der Waals surface area contributed by atoms with Gasteiger partial charge in [-0.05, 0) is 31.7 Å². The van der Waals surface area contributed by atoms with Crippen LogP contribution in [0.25, 0.3) is 11.3 Å². The minimum Gasteiger partial charge on any atom is -0.378 e. The molecular formula is C27H31F3N8O2. The molecule has 0 saturated carbocycles. The third kappa shape index (κ3) is 6.31. The monoisotopic (exact) mass is 556 g/mol. The number of aryl methyl sites for hydroxylation is 1. The Bertz CT molecular complexity index is 1360. The fourth-order valence-electron chi connectivity index (χ4n) is 4.71. The van der Waals surface area contributed by atoms with E-state index in [4.69, 9.17) is 14.7 Å². The summed E-state index contributed by atoms with van der Waals surface area (Å²) in [6.07, 6.45) is -2.22. The average Bonchev–Trinajstić information content (AvgIpc) is 2.98. The molecule has 2 saturated heterocycles. The second-order valence-electron chi connectivity index (χ2n) is 9.67. The van der Waals surface area contributed by atoms with Gasteiger partial charge >= 0.3 is 6.18 Å². The third-order valence-electron chi connectivity index (χ3n) is 7.07. The van der Waals surface area contributed by atoms with Gasteiger partial charge in [-0.3, -0.25) is 14.8 Å². The maximum Gasteiger partial charge on any atom is 0.433 e. The molecule has 0 aromatic carbocycles. The molecule has 1 N–H and O–H groups in total. The molecule has 0 aliphatic carbocycles. The number of aromatic nitrogens is 4. The highest BCUT2D eigenvalue weighted by molar-refractivity contribution is 6.04. The number of carbonyl (C=O) groups is 1. The first kappa shape index (κ1) is 27.7. The number of likely N-dealkylation sites (N-methyl/N-ethyl adjacent to an activating group) is 1. The van der Waals surface area contributed by atoms with Gasteiger partial charge in [0.15, 0.2) is 0 Å². The highest BCUT2D eigenvalue weighted by Crippen LogP contribution is 2.30. The van der Waals surface area contributed by atoms with Gasteiger partial charge in [0.05, 0.1) is 30.8 Å². The van der Waals surface area contributed by atoms with E-state index in [-0.39, 0.29) is 5.56 Å². The Morgan fingerprint density at radius 2 is 1.75 bits per heavy atom. The lowest BCUT2D eigenvalue weighted by Crippen LogP contribution is -2.47. The van der Waals surface area contributed by atoms with E-state index >= 15 is 0 Å². The maximum atomic E-state index is 13.1. The normalized spacial score (nSPS) is 16.7. The molecule has 0 radical (unpaired) electrons. The predicted molar refractivity (Wildman–Crippen MR) is 145 cm³/mol. The topological polar surface area (TPSA) is 99.6 Å². The number of hydrogen-bond acceptors (Lipinski definition) is 9. The number of anilines is 3. The standard InChI is InChI=1S/C27H31F3N8O2/c1-3-36-6-8-38(9-7-36)26-34-22(16-24(35-26)37-10-12-40-13-11-37)21-15-20(17-32-18(21)2)33-25(39)19-4-5-31-23(14-19)27(28,29)30/h4-5,14-17H,3,6-13H2,1-2H3,(H,33,39). The van der Waals surface area contributed by atoms with E-state index in [1.165, 1.54) is 12.3 Å². The first-order valence-electron chi connectivity index (χ1n) is 13.2. The van der Waals surface area contributed by atoms with E-state index in [0.717, 1.165) is 50.8 Å². The second-order valence-corrected chi connectivity index (χ2v) is 9.67. The van der Waals surface area contributed by atoms with Crippen molar-refractivity contribution in [2.45, 2.75) is 20.0 Å². The zero-order valence-corrected chi connectivity index (χ0v) is 22.4. The lowest BCUT2D eigenvalue weighted by atomic mass is 10.1. The number of piperazine rings is 1. The highest BCUT2D eigenvalue weighted by atomic mass is 19.4. The number of morpholine rings is 1. The molecule has 212 valence electrons. The van der Waals surface area contributed by atoms with Crippen LogP contribution in [0.5, 0.6) is 0 Å². The summed E-state index contributed by atoms with van der Waals surface area (Å²) < 4.78 is 44.8. The van der Waals surface area contributed by atoms with Gasteiger partial charge in [0.2, 0.25) is 5.95 Å². The summed E-state index contributed by atoms with van der Waals surface area (Å²) in [7, 11) is 0. The maximum absolute atomic E-state index is 13.1. The Labute approximate surface area is 230 Å². The molecular weight excluding hydrogens is 525 g/mol. The van der Waals surface area contributed by atoms with Crippen molar-refractivity contribution >= 4 is 23.4 Å². The van der Waals surface area contributed by atoms with E-state index in [0.29, 0.717) is 54.9 Å². The SMILES string of the molecule is CCN1CCN(c2nc(-c3cc(NC(=O)c4ccnc(C(F)(F)F)c4)cnc3C)cc(N3CCOCC3)n2)CC1. The molecule has 40 heavy (non-hydrogen) atoms. The molecule has 5 heterocycles. The number of pyridine rings is 2. The van der Waals surface area contributed by atoms with Crippen LogP contribution >= 0.6 is 0 Å².